The molecule has 0 amide bonds. The summed E-state index contributed by atoms with van der Waals surface area (Å²) >= 11 is 5.23. The lowest BCUT2D eigenvalue weighted by atomic mass is 10.00. The molecular weight excluding hydrogens is 216 g/mol. The molecule has 78 valence electrons. The Kier molecular flexibility index (Phi) is 2.22. The van der Waals surface area contributed by atoms with Gasteiger partial charge in [-0.15, -0.1) is 0 Å². The summed E-state index contributed by atoms with van der Waals surface area (Å²) in [4.78, 5) is 0. The monoisotopic (exact) mass is 226 g/mol. The first kappa shape index (κ1) is 9.55. The smallest absolute Gasteiger partial charge is 0.192 e. The van der Waals surface area contributed by atoms with Crippen LogP contribution in [0.15, 0.2) is 54.6 Å². The van der Waals surface area contributed by atoms with E-state index in [0.29, 0.717) is 5.05 Å². The standard InChI is InChI=1S/C14H10OS/c16-14-12-9-5-4-8-11(12)13(15-14)10-6-2-1-3-7-10/h1-9,13H/t13-/m1/s1. The van der Waals surface area contributed by atoms with Gasteiger partial charge >= 0.3 is 0 Å². The first-order chi connectivity index (χ1) is 7.86. The van der Waals surface area contributed by atoms with Crippen molar-refractivity contribution < 1.29 is 4.74 Å². The van der Waals surface area contributed by atoms with Gasteiger partial charge in [-0.25, -0.2) is 0 Å². The van der Waals surface area contributed by atoms with E-state index in [0.717, 1.165) is 11.1 Å². The fourth-order valence-corrected chi connectivity index (χ4v) is 2.30. The second-order valence-electron chi connectivity index (χ2n) is 3.78. The van der Waals surface area contributed by atoms with Gasteiger partial charge in [0.25, 0.3) is 0 Å². The maximum Gasteiger partial charge on any atom is 0.192 e. The number of benzene rings is 2. The minimum atomic E-state index is -0.0371. The molecule has 0 aliphatic carbocycles. The number of ether oxygens (including phenoxy) is 1. The molecule has 1 aliphatic heterocycles. The number of fused-ring (bicyclic) bond motifs is 1. The molecule has 3 rings (SSSR count). The molecule has 2 aromatic rings. The third-order valence-electron chi connectivity index (χ3n) is 2.79. The molecule has 0 saturated carbocycles. The normalized spacial score (nSPS) is 18.0. The molecule has 1 nitrogen and oxygen atoms in total. The van der Waals surface area contributed by atoms with Crippen molar-refractivity contribution >= 4 is 17.3 Å². The fourth-order valence-electron chi connectivity index (χ4n) is 2.02. The van der Waals surface area contributed by atoms with Crippen molar-refractivity contribution in [3.63, 3.8) is 0 Å². The zero-order valence-electron chi connectivity index (χ0n) is 8.59. The van der Waals surface area contributed by atoms with Gasteiger partial charge in [0.05, 0.1) is 0 Å². The molecule has 0 saturated heterocycles. The van der Waals surface area contributed by atoms with E-state index in [2.05, 4.69) is 18.2 Å². The summed E-state index contributed by atoms with van der Waals surface area (Å²) in [6.45, 7) is 0. The van der Waals surface area contributed by atoms with Gasteiger partial charge in [0.1, 0.15) is 0 Å². The van der Waals surface area contributed by atoms with Crippen LogP contribution in [0.2, 0.25) is 0 Å². The summed E-state index contributed by atoms with van der Waals surface area (Å²) in [5.74, 6) is 0. The largest absolute Gasteiger partial charge is 0.470 e. The Balaban J connectivity index is 2.11. The lowest BCUT2D eigenvalue weighted by molar-refractivity contribution is 0.259. The van der Waals surface area contributed by atoms with Crippen LogP contribution in [0.1, 0.15) is 22.8 Å². The minimum Gasteiger partial charge on any atom is -0.470 e. The van der Waals surface area contributed by atoms with Crippen molar-refractivity contribution in [2.24, 2.45) is 0 Å². The molecule has 1 atom stereocenters. The van der Waals surface area contributed by atoms with E-state index in [9.17, 15) is 0 Å². The molecule has 2 aromatic carbocycles. The quantitative estimate of drug-likeness (QED) is 0.688. The van der Waals surface area contributed by atoms with E-state index in [1.165, 1.54) is 5.56 Å². The lowest BCUT2D eigenvalue weighted by Gasteiger charge is -2.11. The van der Waals surface area contributed by atoms with E-state index in [1.54, 1.807) is 0 Å². The molecular formula is C14H10OS. The van der Waals surface area contributed by atoms with Crippen molar-refractivity contribution in [2.75, 3.05) is 0 Å². The van der Waals surface area contributed by atoms with Crippen molar-refractivity contribution in [3.8, 4) is 0 Å². The molecule has 0 N–H and O–H groups in total. The van der Waals surface area contributed by atoms with Gasteiger partial charge < -0.3 is 4.74 Å². The van der Waals surface area contributed by atoms with Crippen LogP contribution in [-0.2, 0) is 4.74 Å². The summed E-state index contributed by atoms with van der Waals surface area (Å²) in [5, 5.41) is 0.601. The summed E-state index contributed by atoms with van der Waals surface area (Å²) in [7, 11) is 0. The number of hydrogen-bond acceptors (Lipinski definition) is 2. The van der Waals surface area contributed by atoms with Gasteiger partial charge in [-0.05, 0) is 23.8 Å². The fraction of sp³-hybridized carbons (Fsp3) is 0.0714. The average Bonchev–Trinajstić information content (AvgIpc) is 2.69. The third kappa shape index (κ3) is 1.42. The third-order valence-corrected chi connectivity index (χ3v) is 3.11. The van der Waals surface area contributed by atoms with Crippen LogP contribution < -0.4 is 0 Å². The highest BCUT2D eigenvalue weighted by atomic mass is 32.1. The molecule has 0 unspecified atom stereocenters. The molecule has 0 radical (unpaired) electrons. The van der Waals surface area contributed by atoms with Crippen molar-refractivity contribution in [1.29, 1.82) is 0 Å². The summed E-state index contributed by atoms with van der Waals surface area (Å²) in [6, 6.07) is 18.3. The summed E-state index contributed by atoms with van der Waals surface area (Å²) in [5.41, 5.74) is 3.36. The van der Waals surface area contributed by atoms with E-state index in [1.807, 2.05) is 36.4 Å². The van der Waals surface area contributed by atoms with Gasteiger partial charge in [0, 0.05) is 11.1 Å². The number of hydrogen-bond donors (Lipinski definition) is 0. The van der Waals surface area contributed by atoms with Gasteiger partial charge in [0.2, 0.25) is 0 Å². The molecule has 0 aromatic heterocycles. The van der Waals surface area contributed by atoms with E-state index in [4.69, 9.17) is 17.0 Å². The predicted octanol–water partition coefficient (Wildman–Crippen LogP) is 3.48. The Labute approximate surface area is 99.7 Å². The molecule has 16 heavy (non-hydrogen) atoms. The van der Waals surface area contributed by atoms with Crippen LogP contribution in [0.3, 0.4) is 0 Å². The van der Waals surface area contributed by atoms with E-state index < -0.39 is 0 Å². The van der Waals surface area contributed by atoms with Gasteiger partial charge in [-0.2, -0.15) is 0 Å². The Morgan fingerprint density at radius 1 is 0.875 bits per heavy atom. The summed E-state index contributed by atoms with van der Waals surface area (Å²) in [6.07, 6.45) is -0.0371. The van der Waals surface area contributed by atoms with E-state index in [-0.39, 0.29) is 6.10 Å². The molecule has 1 aliphatic rings. The molecule has 2 heteroatoms. The van der Waals surface area contributed by atoms with Crippen LogP contribution in [-0.4, -0.2) is 5.05 Å². The Bertz CT molecular complexity index is 533. The van der Waals surface area contributed by atoms with Gasteiger partial charge in [-0.3, -0.25) is 0 Å². The SMILES string of the molecule is S=C1O[C@H](c2ccccc2)c2ccccc21. The van der Waals surface area contributed by atoms with Crippen LogP contribution in [0.4, 0.5) is 0 Å². The Morgan fingerprint density at radius 3 is 2.38 bits per heavy atom. The number of rotatable bonds is 1. The maximum absolute atomic E-state index is 5.75. The second-order valence-corrected chi connectivity index (χ2v) is 4.15. The van der Waals surface area contributed by atoms with Crippen LogP contribution >= 0.6 is 12.2 Å². The second kappa shape index (κ2) is 3.72. The topological polar surface area (TPSA) is 9.23 Å². The van der Waals surface area contributed by atoms with Crippen molar-refractivity contribution in [1.82, 2.24) is 0 Å². The average molecular weight is 226 g/mol. The van der Waals surface area contributed by atoms with Crippen molar-refractivity contribution in [2.45, 2.75) is 6.10 Å². The van der Waals surface area contributed by atoms with Gasteiger partial charge in [0.15, 0.2) is 11.2 Å². The lowest BCUT2D eigenvalue weighted by Crippen LogP contribution is -1.99. The highest BCUT2D eigenvalue weighted by Crippen LogP contribution is 2.35. The van der Waals surface area contributed by atoms with Crippen LogP contribution in [0.5, 0.6) is 0 Å². The minimum absolute atomic E-state index is 0.0371. The van der Waals surface area contributed by atoms with Crippen LogP contribution in [0, 0.1) is 0 Å². The molecule has 0 fully saturated rings. The zero-order chi connectivity index (χ0) is 11.0. The highest BCUT2D eigenvalue weighted by Gasteiger charge is 2.28. The Hall–Kier alpha value is -1.67. The number of thiocarbonyl (C=S) groups is 1. The Morgan fingerprint density at radius 2 is 1.56 bits per heavy atom. The summed E-state index contributed by atoms with van der Waals surface area (Å²) < 4.78 is 5.75. The predicted molar refractivity (Wildman–Crippen MR) is 67.5 cm³/mol. The van der Waals surface area contributed by atoms with E-state index >= 15 is 0 Å². The van der Waals surface area contributed by atoms with Crippen molar-refractivity contribution in [3.05, 3.63) is 71.3 Å². The first-order valence-corrected chi connectivity index (χ1v) is 5.62. The zero-order valence-corrected chi connectivity index (χ0v) is 9.41. The maximum atomic E-state index is 5.75. The van der Waals surface area contributed by atoms with Gasteiger partial charge in [-0.1, -0.05) is 48.5 Å². The highest BCUT2D eigenvalue weighted by molar-refractivity contribution is 7.80. The first-order valence-electron chi connectivity index (χ1n) is 5.21. The molecule has 0 spiro atoms. The molecule has 1 heterocycles. The van der Waals surface area contributed by atoms with Crippen LogP contribution in [0.25, 0.3) is 0 Å². The molecule has 0 bridgehead atoms.